The van der Waals surface area contributed by atoms with E-state index in [9.17, 15) is 9.59 Å². The molecule has 0 fully saturated rings. The van der Waals surface area contributed by atoms with Crippen LogP contribution in [0.3, 0.4) is 0 Å². The van der Waals surface area contributed by atoms with Crippen molar-refractivity contribution in [3.05, 3.63) is 32.6 Å². The van der Waals surface area contributed by atoms with Crippen LogP contribution in [0.15, 0.2) is 15.8 Å². The Bertz CT molecular complexity index is 463. The molecular formula is C12H20N2O2. The van der Waals surface area contributed by atoms with Crippen LogP contribution in [0.4, 0.5) is 0 Å². The summed E-state index contributed by atoms with van der Waals surface area (Å²) in [6.45, 7) is 8.94. The van der Waals surface area contributed by atoms with Gasteiger partial charge < -0.3 is 4.57 Å². The van der Waals surface area contributed by atoms with Crippen LogP contribution in [-0.2, 0) is 13.0 Å². The smallest absolute Gasteiger partial charge is 0.300 e. The monoisotopic (exact) mass is 224 g/mol. The Kier molecular flexibility index (Phi) is 3.73. The molecule has 1 aromatic rings. The predicted octanol–water partition coefficient (Wildman–Crippen LogP) is 1.54. The minimum Gasteiger partial charge on any atom is -0.300 e. The molecule has 0 aliphatic carbocycles. The molecule has 0 atom stereocenters. The van der Waals surface area contributed by atoms with E-state index in [4.69, 9.17) is 0 Å². The van der Waals surface area contributed by atoms with Crippen molar-refractivity contribution in [2.75, 3.05) is 0 Å². The predicted molar refractivity (Wildman–Crippen MR) is 64.8 cm³/mol. The number of aromatic amines is 1. The van der Waals surface area contributed by atoms with Gasteiger partial charge in [-0.3, -0.25) is 9.78 Å². The van der Waals surface area contributed by atoms with Crippen LogP contribution >= 0.6 is 0 Å². The third-order valence-corrected chi connectivity index (χ3v) is 2.57. The fourth-order valence-corrected chi connectivity index (χ4v) is 1.43. The Morgan fingerprint density at radius 1 is 1.31 bits per heavy atom. The highest BCUT2D eigenvalue weighted by molar-refractivity contribution is 5.03. The van der Waals surface area contributed by atoms with Gasteiger partial charge in [0.15, 0.2) is 0 Å². The molecule has 1 N–H and O–H groups in total. The molecule has 0 unspecified atom stereocenters. The largest absolute Gasteiger partial charge is 0.328 e. The second kappa shape index (κ2) is 4.68. The molecule has 0 saturated heterocycles. The first kappa shape index (κ1) is 12.7. The SMILES string of the molecule is CCc1cn(CCC(C)(C)C)c(=O)[nH]c1=O. The van der Waals surface area contributed by atoms with E-state index in [-0.39, 0.29) is 16.7 Å². The topological polar surface area (TPSA) is 54.9 Å². The van der Waals surface area contributed by atoms with E-state index in [0.717, 1.165) is 6.42 Å². The first-order valence-corrected chi connectivity index (χ1v) is 5.66. The second-order valence-corrected chi connectivity index (χ2v) is 5.27. The summed E-state index contributed by atoms with van der Waals surface area (Å²) in [5.74, 6) is 0. The summed E-state index contributed by atoms with van der Waals surface area (Å²) < 4.78 is 1.59. The lowest BCUT2D eigenvalue weighted by Crippen LogP contribution is -2.32. The van der Waals surface area contributed by atoms with Gasteiger partial charge in [-0.2, -0.15) is 0 Å². The van der Waals surface area contributed by atoms with Gasteiger partial charge in [0.05, 0.1) is 0 Å². The highest BCUT2D eigenvalue weighted by atomic mass is 16.2. The maximum atomic E-state index is 11.5. The third-order valence-electron chi connectivity index (χ3n) is 2.57. The molecule has 1 aromatic heterocycles. The average molecular weight is 224 g/mol. The molecule has 0 aliphatic heterocycles. The average Bonchev–Trinajstić information content (AvgIpc) is 2.15. The molecule has 1 heterocycles. The van der Waals surface area contributed by atoms with Crippen molar-refractivity contribution in [2.24, 2.45) is 5.41 Å². The zero-order valence-electron chi connectivity index (χ0n) is 10.5. The molecule has 1 rings (SSSR count). The van der Waals surface area contributed by atoms with E-state index >= 15 is 0 Å². The lowest BCUT2D eigenvalue weighted by Gasteiger charge is -2.18. The number of hydrogen-bond donors (Lipinski definition) is 1. The fourth-order valence-electron chi connectivity index (χ4n) is 1.43. The van der Waals surface area contributed by atoms with Gasteiger partial charge in [0.2, 0.25) is 0 Å². The van der Waals surface area contributed by atoms with E-state index < -0.39 is 0 Å². The van der Waals surface area contributed by atoms with E-state index in [1.54, 1.807) is 10.8 Å². The minimum absolute atomic E-state index is 0.182. The zero-order valence-corrected chi connectivity index (χ0v) is 10.5. The Morgan fingerprint density at radius 2 is 1.94 bits per heavy atom. The zero-order chi connectivity index (χ0) is 12.3. The molecule has 4 nitrogen and oxygen atoms in total. The van der Waals surface area contributed by atoms with Gasteiger partial charge in [-0.1, -0.05) is 27.7 Å². The Balaban J connectivity index is 2.97. The summed E-state index contributed by atoms with van der Waals surface area (Å²) >= 11 is 0. The molecule has 0 aromatic carbocycles. The Morgan fingerprint density at radius 3 is 2.44 bits per heavy atom. The highest BCUT2D eigenvalue weighted by Crippen LogP contribution is 2.18. The van der Waals surface area contributed by atoms with Crippen molar-refractivity contribution in [2.45, 2.75) is 47.1 Å². The molecular weight excluding hydrogens is 204 g/mol. The Labute approximate surface area is 95.3 Å². The molecule has 0 bridgehead atoms. The van der Waals surface area contributed by atoms with Crippen LogP contribution in [0.2, 0.25) is 0 Å². The molecule has 0 saturated carbocycles. The van der Waals surface area contributed by atoms with Crippen LogP contribution in [0, 0.1) is 5.41 Å². The van der Waals surface area contributed by atoms with Crippen LogP contribution in [0.25, 0.3) is 0 Å². The van der Waals surface area contributed by atoms with E-state index in [2.05, 4.69) is 25.8 Å². The molecule has 90 valence electrons. The summed E-state index contributed by atoms with van der Waals surface area (Å²) in [5, 5.41) is 0. The first-order chi connectivity index (χ1) is 7.33. The number of rotatable bonds is 3. The van der Waals surface area contributed by atoms with E-state index in [1.165, 1.54) is 0 Å². The standard InChI is InChI=1S/C12H20N2O2/c1-5-9-8-14(7-6-12(2,3)4)11(16)13-10(9)15/h8H,5-7H2,1-4H3,(H,13,15,16). The fraction of sp³-hybridized carbons (Fsp3) is 0.667. The van der Waals surface area contributed by atoms with Gasteiger partial charge in [-0.05, 0) is 18.3 Å². The van der Waals surface area contributed by atoms with Crippen molar-refractivity contribution >= 4 is 0 Å². The summed E-state index contributed by atoms with van der Waals surface area (Å²) in [5.41, 5.74) is 0.265. The van der Waals surface area contributed by atoms with Crippen LogP contribution in [0.1, 0.15) is 39.7 Å². The van der Waals surface area contributed by atoms with Gasteiger partial charge >= 0.3 is 5.69 Å². The summed E-state index contributed by atoms with van der Waals surface area (Å²) in [6, 6.07) is 0. The number of H-pyrrole nitrogens is 1. The minimum atomic E-state index is -0.313. The molecule has 0 amide bonds. The van der Waals surface area contributed by atoms with Gasteiger partial charge in [0.1, 0.15) is 0 Å². The van der Waals surface area contributed by atoms with Crippen molar-refractivity contribution in [1.82, 2.24) is 9.55 Å². The lowest BCUT2D eigenvalue weighted by atomic mass is 9.92. The number of nitrogens with zero attached hydrogens (tertiary/aromatic N) is 1. The van der Waals surface area contributed by atoms with Crippen LogP contribution < -0.4 is 11.2 Å². The van der Waals surface area contributed by atoms with Crippen LogP contribution in [0.5, 0.6) is 0 Å². The molecule has 16 heavy (non-hydrogen) atoms. The quantitative estimate of drug-likeness (QED) is 0.846. The van der Waals surface area contributed by atoms with E-state index in [1.807, 2.05) is 6.92 Å². The maximum Gasteiger partial charge on any atom is 0.328 e. The maximum absolute atomic E-state index is 11.5. The van der Waals surface area contributed by atoms with Gasteiger partial charge in [0.25, 0.3) is 5.56 Å². The summed E-state index contributed by atoms with van der Waals surface area (Å²) in [6.07, 6.45) is 3.22. The van der Waals surface area contributed by atoms with Crippen LogP contribution in [-0.4, -0.2) is 9.55 Å². The second-order valence-electron chi connectivity index (χ2n) is 5.27. The Hall–Kier alpha value is -1.32. The van der Waals surface area contributed by atoms with Gasteiger partial charge in [0, 0.05) is 18.3 Å². The first-order valence-electron chi connectivity index (χ1n) is 5.66. The lowest BCUT2D eigenvalue weighted by molar-refractivity contribution is 0.346. The van der Waals surface area contributed by atoms with Crippen molar-refractivity contribution in [1.29, 1.82) is 0 Å². The van der Waals surface area contributed by atoms with Gasteiger partial charge in [-0.15, -0.1) is 0 Å². The molecule has 0 radical (unpaired) electrons. The number of nitrogens with one attached hydrogen (secondary N) is 1. The van der Waals surface area contributed by atoms with Gasteiger partial charge in [-0.25, -0.2) is 4.79 Å². The normalized spacial score (nSPS) is 11.8. The van der Waals surface area contributed by atoms with Crippen molar-refractivity contribution in [3.8, 4) is 0 Å². The molecule has 0 spiro atoms. The van der Waals surface area contributed by atoms with E-state index in [0.29, 0.717) is 18.5 Å². The summed E-state index contributed by atoms with van der Waals surface area (Å²) in [4.78, 5) is 25.2. The number of hydrogen-bond acceptors (Lipinski definition) is 2. The summed E-state index contributed by atoms with van der Waals surface area (Å²) in [7, 11) is 0. The van der Waals surface area contributed by atoms with Crippen molar-refractivity contribution < 1.29 is 0 Å². The molecule has 0 aliphatic rings. The number of aromatic nitrogens is 2. The van der Waals surface area contributed by atoms with Crippen molar-refractivity contribution in [3.63, 3.8) is 0 Å². The third kappa shape index (κ3) is 3.36. The number of aryl methyl sites for hydroxylation is 2. The highest BCUT2D eigenvalue weighted by Gasteiger charge is 2.11. The molecule has 4 heteroatoms.